The van der Waals surface area contributed by atoms with E-state index in [4.69, 9.17) is 0 Å². The molecule has 5 aliphatic heterocycles. The van der Waals surface area contributed by atoms with E-state index in [1.54, 1.807) is 27.8 Å². The van der Waals surface area contributed by atoms with E-state index in [-0.39, 0.29) is 57.4 Å². The number of piperidine rings is 3. The number of pyridine rings is 1. The van der Waals surface area contributed by atoms with Gasteiger partial charge in [0.05, 0.1) is 11.1 Å². The topological polar surface area (TPSA) is 167 Å². The van der Waals surface area contributed by atoms with Crippen molar-refractivity contribution in [2.45, 2.75) is 142 Å². The number of nitrogens with one attached hydrogen (secondary N) is 3. The number of hydrogen-bond acceptors (Lipinski definition) is 7. The second-order valence-electron chi connectivity index (χ2n) is 21.6. The van der Waals surface area contributed by atoms with Crippen molar-refractivity contribution in [2.75, 3.05) is 0 Å². The normalized spacial score (nSPS) is 20.8. The molecular weight excluding hydrogens is 857 g/mol. The largest absolute Gasteiger partial charge is 0.329 e. The van der Waals surface area contributed by atoms with Crippen LogP contribution < -0.4 is 21.5 Å². The van der Waals surface area contributed by atoms with Gasteiger partial charge in [-0.25, -0.2) is 0 Å². The zero-order valence-corrected chi connectivity index (χ0v) is 40.9. The number of aromatic nitrogens is 1. The molecule has 3 fully saturated rings. The average molecular weight is 921 g/mol. The van der Waals surface area contributed by atoms with Crippen LogP contribution in [0, 0.1) is 0 Å². The minimum Gasteiger partial charge on any atom is -0.329 e. The number of imide groups is 1. The summed E-state index contributed by atoms with van der Waals surface area (Å²) in [5, 5.41) is 9.70. The molecule has 3 aromatic carbocycles. The number of rotatable bonds is 3. The van der Waals surface area contributed by atoms with Crippen LogP contribution in [0.1, 0.15) is 160 Å². The lowest BCUT2D eigenvalue weighted by molar-refractivity contribution is -0.126. The van der Waals surface area contributed by atoms with Crippen molar-refractivity contribution in [2.24, 2.45) is 0 Å². The summed E-state index contributed by atoms with van der Waals surface area (Å²) >= 11 is 0. The molecule has 0 bridgehead atoms. The first-order valence-electron chi connectivity index (χ1n) is 23.3. The Bertz CT molecular complexity index is 2890. The van der Waals surface area contributed by atoms with Gasteiger partial charge in [-0.05, 0) is 113 Å². The molecule has 4 aromatic rings. The van der Waals surface area contributed by atoms with Crippen LogP contribution in [0.4, 0.5) is 0 Å². The van der Waals surface area contributed by atoms with E-state index in [2.05, 4.69) is 89.4 Å². The molecule has 9 rings (SSSR count). The van der Waals surface area contributed by atoms with E-state index >= 15 is 0 Å². The van der Waals surface area contributed by atoms with E-state index < -0.39 is 18.0 Å². The summed E-state index contributed by atoms with van der Waals surface area (Å²) in [6.45, 7) is 30.9. The molecule has 356 valence electrons. The molecule has 13 heteroatoms. The Balaban J connectivity index is 0.000000151. The molecule has 3 saturated heterocycles. The van der Waals surface area contributed by atoms with Gasteiger partial charge in [-0.2, -0.15) is 0 Å². The highest BCUT2D eigenvalue weighted by atomic mass is 16.2. The minimum absolute atomic E-state index is 0.0344. The molecule has 3 N–H and O–H groups in total. The molecule has 5 aliphatic rings. The Morgan fingerprint density at radius 3 is 1.49 bits per heavy atom. The summed E-state index contributed by atoms with van der Waals surface area (Å²) < 4.78 is 1.54. The van der Waals surface area contributed by atoms with Crippen molar-refractivity contribution in [1.29, 1.82) is 0 Å². The predicted molar refractivity (Wildman–Crippen MR) is 264 cm³/mol. The summed E-state index contributed by atoms with van der Waals surface area (Å²) in [6, 6.07) is 17.6. The zero-order chi connectivity index (χ0) is 49.8. The molecule has 3 atom stereocenters. The third kappa shape index (κ3) is 9.88. The SMILES string of the molecule is C=C1CCC(N2C(=O)c3ccc(C(C)(C)C)cc3C2=O)C(=O)N1.C=C1CCC(N2Cc3cc(C(C)(C)C)ccc3C2=O)C(=O)N1.C=C1CCC(n2ccc3cc(C(C)(C)C)ccc3c2=O)C(=O)N1. The van der Waals surface area contributed by atoms with Crippen LogP contribution in [0.2, 0.25) is 0 Å². The first-order chi connectivity index (χ1) is 31.7. The minimum atomic E-state index is -0.758. The lowest BCUT2D eigenvalue weighted by atomic mass is 9.85. The molecule has 13 nitrogen and oxygen atoms in total. The van der Waals surface area contributed by atoms with Crippen LogP contribution in [0.25, 0.3) is 10.8 Å². The highest BCUT2D eigenvalue weighted by Crippen LogP contribution is 2.34. The first kappa shape index (κ1) is 49.0. The molecular formula is C55H64N6O7. The first-order valence-corrected chi connectivity index (χ1v) is 23.3. The van der Waals surface area contributed by atoms with E-state index in [0.29, 0.717) is 60.9 Å². The summed E-state index contributed by atoms with van der Waals surface area (Å²) in [5.74, 6) is -1.43. The third-order valence-corrected chi connectivity index (χ3v) is 13.4. The standard InChI is InChI=1S/C19H22N2O2.C18H20N2O3.C18H22N2O2/c1-12-5-8-16(17(22)20-12)21-10-9-13-11-14(19(2,3)4)6-7-15(13)18(21)23;1-10-5-8-14(15(21)19-10)20-16(22)12-7-6-11(18(2,3)4)9-13(12)17(20)23;1-11-5-8-15(16(21)19-11)20-10-12-9-13(18(2,3)4)6-7-14(12)17(20)22/h6-7,9-11,16H,1,5,8H2,2-4H3,(H,20,22);6-7,9,14H,1,5,8H2,2-4H3,(H,19,21);6-7,9,15H,1,5,8,10H2,2-4H3,(H,19,21). The van der Waals surface area contributed by atoms with E-state index in [0.717, 1.165) is 44.8 Å². The van der Waals surface area contributed by atoms with Gasteiger partial charge in [-0.1, -0.05) is 112 Å². The van der Waals surface area contributed by atoms with Gasteiger partial charge in [0, 0.05) is 40.8 Å². The van der Waals surface area contributed by atoms with Crippen molar-refractivity contribution in [3.05, 3.63) is 153 Å². The molecule has 0 aliphatic carbocycles. The van der Waals surface area contributed by atoms with Crippen molar-refractivity contribution in [3.8, 4) is 0 Å². The fraction of sp³-hybridized carbons (Fsp3) is 0.400. The summed E-state index contributed by atoms with van der Waals surface area (Å²) in [4.78, 5) is 89.9. The highest BCUT2D eigenvalue weighted by Gasteiger charge is 2.44. The fourth-order valence-corrected chi connectivity index (χ4v) is 9.14. The quantitative estimate of drug-likeness (QED) is 0.174. The maximum absolute atomic E-state index is 12.8. The molecule has 1 aromatic heterocycles. The number of carbonyl (C=O) groups is 6. The smallest absolute Gasteiger partial charge is 0.262 e. The second-order valence-corrected chi connectivity index (χ2v) is 21.6. The van der Waals surface area contributed by atoms with Crippen LogP contribution in [-0.2, 0) is 37.2 Å². The monoisotopic (exact) mass is 920 g/mol. The Labute approximate surface area is 398 Å². The number of allylic oxidation sites excluding steroid dienone is 3. The van der Waals surface area contributed by atoms with Crippen LogP contribution in [0.3, 0.4) is 0 Å². The van der Waals surface area contributed by atoms with Crippen LogP contribution in [-0.4, -0.2) is 61.9 Å². The molecule has 0 radical (unpaired) electrons. The number of benzene rings is 3. The lowest BCUT2D eigenvalue weighted by Crippen LogP contribution is -2.51. The third-order valence-electron chi connectivity index (χ3n) is 13.4. The van der Waals surface area contributed by atoms with E-state index in [1.807, 2.05) is 57.2 Å². The molecule has 6 amide bonds. The number of nitrogens with zero attached hydrogens (tertiary/aromatic N) is 3. The Hall–Kier alpha value is -6.89. The van der Waals surface area contributed by atoms with E-state index in [1.165, 1.54) is 11.1 Å². The Morgan fingerprint density at radius 2 is 0.956 bits per heavy atom. The van der Waals surface area contributed by atoms with Crippen LogP contribution in [0.5, 0.6) is 0 Å². The molecule has 0 saturated carbocycles. The lowest BCUT2D eigenvalue weighted by Gasteiger charge is -2.30. The predicted octanol–water partition coefficient (Wildman–Crippen LogP) is 8.37. The van der Waals surface area contributed by atoms with Gasteiger partial charge in [0.2, 0.25) is 17.7 Å². The van der Waals surface area contributed by atoms with Gasteiger partial charge in [0.25, 0.3) is 23.3 Å². The maximum Gasteiger partial charge on any atom is 0.262 e. The van der Waals surface area contributed by atoms with Gasteiger partial charge in [-0.3, -0.25) is 38.5 Å². The van der Waals surface area contributed by atoms with Gasteiger partial charge < -0.3 is 25.4 Å². The summed E-state index contributed by atoms with van der Waals surface area (Å²) in [5.41, 5.74) is 7.82. The average Bonchev–Trinajstić information content (AvgIpc) is 3.71. The number of fused-ring (bicyclic) bond motifs is 3. The van der Waals surface area contributed by atoms with Crippen LogP contribution >= 0.6 is 0 Å². The van der Waals surface area contributed by atoms with Gasteiger partial charge in [0.15, 0.2) is 0 Å². The molecule has 0 spiro atoms. The molecule has 68 heavy (non-hydrogen) atoms. The van der Waals surface area contributed by atoms with Gasteiger partial charge >= 0.3 is 0 Å². The van der Waals surface area contributed by atoms with Gasteiger partial charge in [-0.15, -0.1) is 0 Å². The van der Waals surface area contributed by atoms with Crippen molar-refractivity contribution in [3.63, 3.8) is 0 Å². The van der Waals surface area contributed by atoms with Crippen molar-refractivity contribution >= 4 is 46.2 Å². The van der Waals surface area contributed by atoms with Crippen molar-refractivity contribution in [1.82, 2.24) is 30.3 Å². The summed E-state index contributed by atoms with van der Waals surface area (Å²) in [7, 11) is 0. The Kier molecular flexibility index (Phi) is 13.2. The van der Waals surface area contributed by atoms with E-state index in [9.17, 15) is 33.6 Å². The van der Waals surface area contributed by atoms with Gasteiger partial charge in [0.1, 0.15) is 18.1 Å². The van der Waals surface area contributed by atoms with Crippen molar-refractivity contribution < 1.29 is 28.8 Å². The highest BCUT2D eigenvalue weighted by molar-refractivity contribution is 6.23. The zero-order valence-electron chi connectivity index (χ0n) is 40.9. The Morgan fingerprint density at radius 1 is 0.500 bits per heavy atom. The number of amides is 6. The maximum atomic E-state index is 12.8. The summed E-state index contributed by atoms with van der Waals surface area (Å²) in [6.07, 6.45) is 5.40. The number of carbonyl (C=O) groups excluding carboxylic acids is 6. The fourth-order valence-electron chi connectivity index (χ4n) is 9.14. The molecule has 6 heterocycles. The molecule has 3 unspecified atom stereocenters. The second kappa shape index (κ2) is 18.3. The van der Waals surface area contributed by atoms with Crippen LogP contribution in [0.15, 0.2) is 108 Å². The number of hydrogen-bond donors (Lipinski definition) is 3.